The first-order valence-corrected chi connectivity index (χ1v) is 25.2. The molecule has 0 amide bonds. The first kappa shape index (κ1) is 41.6. The molecule has 2 unspecified atom stereocenters. The van der Waals surface area contributed by atoms with Crippen LogP contribution in [-0.4, -0.2) is 12.3 Å². The molecular weight excluding hydrogens is 818 g/mol. The van der Waals surface area contributed by atoms with Gasteiger partial charge in [-0.05, 0) is 174 Å². The number of hydrogen-bond acceptors (Lipinski definition) is 4. The van der Waals surface area contributed by atoms with Crippen molar-refractivity contribution in [1.82, 2.24) is 0 Å². The van der Waals surface area contributed by atoms with Gasteiger partial charge in [-0.2, -0.15) is 0 Å². The fourth-order valence-corrected chi connectivity index (χ4v) is 14.1. The van der Waals surface area contributed by atoms with Gasteiger partial charge in [-0.25, -0.2) is 0 Å². The summed E-state index contributed by atoms with van der Waals surface area (Å²) in [6.07, 6.45) is 4.92. The normalized spacial score (nSPS) is 19.8. The second-order valence-corrected chi connectivity index (χ2v) is 23.9. The van der Waals surface area contributed by atoms with Crippen LogP contribution < -0.4 is 31.1 Å². The van der Waals surface area contributed by atoms with E-state index < -0.39 is 0 Å². The van der Waals surface area contributed by atoms with E-state index in [1.54, 1.807) is 5.56 Å². The van der Waals surface area contributed by atoms with E-state index in [9.17, 15) is 0 Å². The SMILES string of the molecule is Cc1cc2c3c(c1)N(c1ccc(C(C)(C)C)cc1)c1cc(N4c5cc(C)cc(C)c5C5(C)CCCCC45C)ccc1B3c1cc(C(C)(C)C)ccc1N2c1ccc2sc3ccccc3c2c1. The lowest BCUT2D eigenvalue weighted by Crippen LogP contribution is -2.61. The molecule has 1 saturated carbocycles. The first-order valence-electron chi connectivity index (χ1n) is 24.4. The van der Waals surface area contributed by atoms with Crippen molar-refractivity contribution in [1.29, 1.82) is 0 Å². The highest BCUT2D eigenvalue weighted by molar-refractivity contribution is 7.25. The predicted octanol–water partition coefficient (Wildman–Crippen LogP) is 15.4. The van der Waals surface area contributed by atoms with E-state index in [0.29, 0.717) is 0 Å². The van der Waals surface area contributed by atoms with E-state index in [4.69, 9.17) is 0 Å². The van der Waals surface area contributed by atoms with E-state index in [-0.39, 0.29) is 28.5 Å². The highest BCUT2D eigenvalue weighted by Crippen LogP contribution is 2.62. The summed E-state index contributed by atoms with van der Waals surface area (Å²) in [5.74, 6) is 0. The lowest BCUT2D eigenvalue weighted by atomic mass is 9.33. The Hall–Kier alpha value is -5.78. The van der Waals surface area contributed by atoms with E-state index in [2.05, 4.69) is 218 Å². The third-order valence-corrected chi connectivity index (χ3v) is 17.6. The second kappa shape index (κ2) is 14.1. The maximum absolute atomic E-state index is 2.79. The Morgan fingerprint density at radius 1 is 0.515 bits per heavy atom. The van der Waals surface area contributed by atoms with Crippen LogP contribution in [0, 0.1) is 20.8 Å². The van der Waals surface area contributed by atoms with Crippen LogP contribution in [0.1, 0.15) is 114 Å². The zero-order chi connectivity index (χ0) is 45.8. The molecule has 1 fully saturated rings. The summed E-state index contributed by atoms with van der Waals surface area (Å²) in [4.78, 5) is 8.01. The number of nitrogens with zero attached hydrogens (tertiary/aromatic N) is 3. The predicted molar refractivity (Wildman–Crippen MR) is 288 cm³/mol. The van der Waals surface area contributed by atoms with Gasteiger partial charge in [-0.3, -0.25) is 0 Å². The van der Waals surface area contributed by atoms with Crippen molar-refractivity contribution < 1.29 is 0 Å². The Bertz CT molecular complexity index is 3330. The third-order valence-electron chi connectivity index (χ3n) is 16.5. The summed E-state index contributed by atoms with van der Waals surface area (Å²) in [6, 6.07) is 50.3. The first-order chi connectivity index (χ1) is 31.4. The van der Waals surface area contributed by atoms with E-state index >= 15 is 0 Å². The summed E-state index contributed by atoms with van der Waals surface area (Å²) in [5.41, 5.74) is 22.6. The fraction of sp³-hybridized carbons (Fsp3) is 0.311. The van der Waals surface area contributed by atoms with Crippen LogP contribution in [0.5, 0.6) is 0 Å². The molecule has 4 heterocycles. The minimum atomic E-state index is -0.0513. The molecule has 330 valence electrons. The van der Waals surface area contributed by atoms with Gasteiger partial charge in [-0.15, -0.1) is 11.3 Å². The summed E-state index contributed by atoms with van der Waals surface area (Å²) in [6.45, 7) is 26.1. The number of anilines is 8. The Balaban J connectivity index is 1.14. The van der Waals surface area contributed by atoms with Crippen molar-refractivity contribution in [2.24, 2.45) is 0 Å². The van der Waals surface area contributed by atoms with Gasteiger partial charge in [0.1, 0.15) is 0 Å². The molecule has 66 heavy (non-hydrogen) atoms. The zero-order valence-corrected chi connectivity index (χ0v) is 41.6. The smallest absolute Gasteiger partial charge is 0.252 e. The number of thiophene rings is 1. The molecular formula is C61H62BN3S. The van der Waals surface area contributed by atoms with Crippen molar-refractivity contribution in [2.45, 2.75) is 124 Å². The highest BCUT2D eigenvalue weighted by atomic mass is 32.1. The molecule has 3 nitrogen and oxygen atoms in total. The van der Waals surface area contributed by atoms with Crippen LogP contribution in [-0.2, 0) is 16.2 Å². The molecule has 0 spiro atoms. The van der Waals surface area contributed by atoms with E-state index in [1.807, 2.05) is 11.3 Å². The lowest BCUT2D eigenvalue weighted by molar-refractivity contribution is 0.194. The Kier molecular flexibility index (Phi) is 8.91. The molecule has 0 radical (unpaired) electrons. The van der Waals surface area contributed by atoms with Crippen molar-refractivity contribution >= 4 is 100 Å². The van der Waals surface area contributed by atoms with Gasteiger partial charge in [0.15, 0.2) is 0 Å². The number of fused-ring (bicyclic) bond motifs is 10. The molecule has 1 aromatic heterocycles. The minimum absolute atomic E-state index is 0.0194. The van der Waals surface area contributed by atoms with Gasteiger partial charge < -0.3 is 14.7 Å². The fourth-order valence-electron chi connectivity index (χ4n) is 13.0. The van der Waals surface area contributed by atoms with Crippen LogP contribution in [0.15, 0.2) is 127 Å². The van der Waals surface area contributed by atoms with Crippen molar-refractivity contribution in [3.63, 3.8) is 0 Å². The highest BCUT2D eigenvalue weighted by Gasteiger charge is 2.58. The van der Waals surface area contributed by atoms with Crippen molar-refractivity contribution in [2.75, 3.05) is 14.7 Å². The quantitative estimate of drug-likeness (QED) is 0.164. The van der Waals surface area contributed by atoms with Gasteiger partial charge in [0.2, 0.25) is 0 Å². The molecule has 0 bridgehead atoms. The molecule has 4 aliphatic rings. The lowest BCUT2D eigenvalue weighted by Gasteiger charge is -2.51. The monoisotopic (exact) mass is 879 g/mol. The van der Waals surface area contributed by atoms with Crippen LogP contribution >= 0.6 is 11.3 Å². The van der Waals surface area contributed by atoms with E-state index in [1.165, 1.54) is 136 Å². The van der Waals surface area contributed by atoms with Crippen LogP contribution in [0.25, 0.3) is 20.2 Å². The standard InChI is InChI=1S/C61H62BN3S/c1-37-30-39(3)56-51(31-37)65(61(11)29-15-14-28-60(56,61)10)44-23-25-47-50(36-44)63(42-21-18-40(19-22-42)58(4,5)6)52-32-38(2)33-53-57(52)62(47)48-34-41(59(7,8)9)20-26-49(48)64(53)43-24-27-55-46(35-43)45-16-12-13-17-54(45)66-55/h12-13,16-27,30-36H,14-15,28-29H2,1-11H3. The summed E-state index contributed by atoms with van der Waals surface area (Å²) >= 11 is 1.89. The average molecular weight is 880 g/mol. The maximum Gasteiger partial charge on any atom is 0.252 e. The van der Waals surface area contributed by atoms with Gasteiger partial charge in [0.25, 0.3) is 6.71 Å². The molecule has 8 aromatic rings. The molecule has 0 N–H and O–H groups in total. The van der Waals surface area contributed by atoms with Crippen LogP contribution in [0.4, 0.5) is 45.5 Å². The van der Waals surface area contributed by atoms with Gasteiger partial charge >= 0.3 is 0 Å². The number of hydrogen-bond donors (Lipinski definition) is 0. The maximum atomic E-state index is 2.79. The molecule has 5 heteroatoms. The van der Waals surface area contributed by atoms with Gasteiger partial charge in [0.05, 0.1) is 5.54 Å². The number of benzene rings is 7. The Labute approximate surface area is 397 Å². The third kappa shape index (κ3) is 5.87. The summed E-state index contributed by atoms with van der Waals surface area (Å²) in [5, 5.41) is 2.64. The van der Waals surface area contributed by atoms with Crippen LogP contribution in [0.3, 0.4) is 0 Å². The summed E-state index contributed by atoms with van der Waals surface area (Å²) in [7, 11) is 0. The Morgan fingerprint density at radius 2 is 1.14 bits per heavy atom. The van der Waals surface area contributed by atoms with Crippen LogP contribution in [0.2, 0.25) is 0 Å². The minimum Gasteiger partial charge on any atom is -0.334 e. The second-order valence-electron chi connectivity index (χ2n) is 22.8. The van der Waals surface area contributed by atoms with Gasteiger partial charge in [0, 0.05) is 71.1 Å². The molecule has 12 rings (SSSR count). The molecule has 3 aliphatic heterocycles. The average Bonchev–Trinajstić information content (AvgIpc) is 3.74. The number of rotatable bonds is 3. The number of aryl methyl sites for hydroxylation is 3. The topological polar surface area (TPSA) is 9.72 Å². The van der Waals surface area contributed by atoms with Crippen molar-refractivity contribution in [3.8, 4) is 0 Å². The molecule has 0 saturated heterocycles. The largest absolute Gasteiger partial charge is 0.334 e. The zero-order valence-electron chi connectivity index (χ0n) is 40.8. The van der Waals surface area contributed by atoms with E-state index in [0.717, 1.165) is 0 Å². The molecule has 1 aliphatic carbocycles. The van der Waals surface area contributed by atoms with Crippen molar-refractivity contribution in [3.05, 3.63) is 161 Å². The van der Waals surface area contributed by atoms with Gasteiger partial charge in [-0.1, -0.05) is 116 Å². The summed E-state index contributed by atoms with van der Waals surface area (Å²) < 4.78 is 2.66. The Morgan fingerprint density at radius 3 is 1.88 bits per heavy atom. The molecule has 2 atom stereocenters. The molecule has 7 aromatic carbocycles.